The van der Waals surface area contributed by atoms with Crippen LogP contribution in [-0.2, 0) is 5.60 Å². The first kappa shape index (κ1) is 13.4. The first-order chi connectivity index (χ1) is 7.84. The van der Waals surface area contributed by atoms with Crippen molar-refractivity contribution in [1.82, 2.24) is 0 Å². The fourth-order valence-electron chi connectivity index (χ4n) is 2.98. The summed E-state index contributed by atoms with van der Waals surface area (Å²) >= 11 is 9.77. The van der Waals surface area contributed by atoms with E-state index >= 15 is 0 Å². The molecule has 0 radical (unpaired) electrons. The Morgan fingerprint density at radius 3 is 2.59 bits per heavy atom. The lowest BCUT2D eigenvalue weighted by molar-refractivity contribution is -0.0444. The molecule has 1 fully saturated rings. The van der Waals surface area contributed by atoms with Crippen LogP contribution in [0.1, 0.15) is 45.1 Å². The molecule has 94 valence electrons. The predicted octanol–water partition coefficient (Wildman–Crippen LogP) is 4.89. The van der Waals surface area contributed by atoms with E-state index in [1.807, 2.05) is 18.2 Å². The average molecular weight is 318 g/mol. The van der Waals surface area contributed by atoms with Gasteiger partial charge in [0.05, 0.1) is 5.60 Å². The van der Waals surface area contributed by atoms with Crippen LogP contribution in [-0.4, -0.2) is 5.11 Å². The molecule has 0 bridgehead atoms. The molecule has 1 aromatic rings. The number of hydrogen-bond donors (Lipinski definition) is 1. The van der Waals surface area contributed by atoms with Crippen LogP contribution in [0.25, 0.3) is 0 Å². The van der Waals surface area contributed by atoms with Crippen LogP contribution in [0.4, 0.5) is 0 Å². The van der Waals surface area contributed by atoms with Crippen molar-refractivity contribution in [1.29, 1.82) is 0 Å². The van der Waals surface area contributed by atoms with Crippen LogP contribution in [0.15, 0.2) is 22.7 Å². The maximum absolute atomic E-state index is 10.9. The molecule has 1 N–H and O–H groups in total. The van der Waals surface area contributed by atoms with Crippen LogP contribution in [0, 0.1) is 5.41 Å². The minimum Gasteiger partial charge on any atom is -0.385 e. The van der Waals surface area contributed by atoms with Gasteiger partial charge in [0.2, 0.25) is 0 Å². The molecular weight excluding hydrogens is 300 g/mol. The predicted molar refractivity (Wildman–Crippen MR) is 75.3 cm³/mol. The van der Waals surface area contributed by atoms with Gasteiger partial charge in [0.25, 0.3) is 0 Å². The van der Waals surface area contributed by atoms with E-state index in [0.29, 0.717) is 5.02 Å². The van der Waals surface area contributed by atoms with E-state index in [1.54, 1.807) is 0 Å². The van der Waals surface area contributed by atoms with Crippen LogP contribution >= 0.6 is 27.5 Å². The van der Waals surface area contributed by atoms with E-state index in [0.717, 1.165) is 35.7 Å². The molecule has 1 unspecified atom stereocenters. The zero-order chi connectivity index (χ0) is 12.7. The molecule has 17 heavy (non-hydrogen) atoms. The Bertz CT molecular complexity index is 410. The fraction of sp³-hybridized carbons (Fsp3) is 0.571. The SMILES string of the molecule is CC1(C)CCCC(O)(c2c(Cl)cccc2Br)C1. The van der Waals surface area contributed by atoms with Gasteiger partial charge in [-0.3, -0.25) is 0 Å². The van der Waals surface area contributed by atoms with Gasteiger partial charge in [-0.15, -0.1) is 0 Å². The molecule has 0 spiro atoms. The third-order valence-corrected chi connectivity index (χ3v) is 4.62. The summed E-state index contributed by atoms with van der Waals surface area (Å²) in [6.07, 6.45) is 3.76. The Morgan fingerprint density at radius 2 is 2.00 bits per heavy atom. The minimum atomic E-state index is -0.793. The van der Waals surface area contributed by atoms with E-state index in [2.05, 4.69) is 29.8 Å². The minimum absolute atomic E-state index is 0.172. The molecule has 0 aromatic heterocycles. The number of halogens is 2. The standard InChI is InChI=1S/C14H18BrClO/c1-13(2)7-4-8-14(17,9-13)12-10(15)5-3-6-11(12)16/h3,5-6,17H,4,7-9H2,1-2H3. The summed E-state index contributed by atoms with van der Waals surface area (Å²) in [6, 6.07) is 5.69. The van der Waals surface area contributed by atoms with Gasteiger partial charge in [-0.1, -0.05) is 47.4 Å². The quantitative estimate of drug-likeness (QED) is 0.782. The molecule has 1 aliphatic rings. The number of benzene rings is 1. The molecule has 2 rings (SSSR count). The molecule has 1 saturated carbocycles. The van der Waals surface area contributed by atoms with Crippen LogP contribution in [0.5, 0.6) is 0 Å². The summed E-state index contributed by atoms with van der Waals surface area (Å²) in [5, 5.41) is 11.6. The van der Waals surface area contributed by atoms with E-state index < -0.39 is 5.60 Å². The Balaban J connectivity index is 2.44. The van der Waals surface area contributed by atoms with Gasteiger partial charge in [0, 0.05) is 15.1 Å². The van der Waals surface area contributed by atoms with Crippen molar-refractivity contribution in [3.8, 4) is 0 Å². The van der Waals surface area contributed by atoms with Crippen molar-refractivity contribution < 1.29 is 5.11 Å². The lowest BCUT2D eigenvalue weighted by atomic mass is 9.67. The molecule has 0 amide bonds. The summed E-state index contributed by atoms with van der Waals surface area (Å²) in [6.45, 7) is 4.42. The highest BCUT2D eigenvalue weighted by Crippen LogP contribution is 2.49. The van der Waals surface area contributed by atoms with Crippen molar-refractivity contribution in [2.75, 3.05) is 0 Å². The first-order valence-corrected chi connectivity index (χ1v) is 7.18. The lowest BCUT2D eigenvalue weighted by Crippen LogP contribution is -2.37. The third kappa shape index (κ3) is 2.69. The molecule has 0 saturated heterocycles. The number of rotatable bonds is 1. The molecule has 3 heteroatoms. The highest BCUT2D eigenvalue weighted by molar-refractivity contribution is 9.10. The second-order valence-corrected chi connectivity index (χ2v) is 7.08. The monoisotopic (exact) mass is 316 g/mol. The van der Waals surface area contributed by atoms with E-state index in [9.17, 15) is 5.11 Å². The van der Waals surface area contributed by atoms with Crippen LogP contribution < -0.4 is 0 Å². The van der Waals surface area contributed by atoms with E-state index in [4.69, 9.17) is 11.6 Å². The second-order valence-electron chi connectivity index (χ2n) is 5.82. The van der Waals surface area contributed by atoms with Crippen molar-refractivity contribution in [3.05, 3.63) is 33.3 Å². The lowest BCUT2D eigenvalue weighted by Gasteiger charge is -2.42. The highest BCUT2D eigenvalue weighted by atomic mass is 79.9. The molecule has 0 aliphatic heterocycles. The van der Waals surface area contributed by atoms with Gasteiger partial charge >= 0.3 is 0 Å². The summed E-state index contributed by atoms with van der Waals surface area (Å²) in [7, 11) is 0. The summed E-state index contributed by atoms with van der Waals surface area (Å²) < 4.78 is 0.908. The Labute approximate surface area is 116 Å². The maximum atomic E-state index is 10.9. The molecular formula is C14H18BrClO. The summed E-state index contributed by atoms with van der Waals surface area (Å²) in [5.74, 6) is 0. The van der Waals surface area contributed by atoms with Crippen molar-refractivity contribution >= 4 is 27.5 Å². The maximum Gasteiger partial charge on any atom is 0.0927 e. The average Bonchev–Trinajstić information content (AvgIpc) is 2.14. The van der Waals surface area contributed by atoms with Gasteiger partial charge in [-0.2, -0.15) is 0 Å². The normalized spacial score (nSPS) is 28.1. The van der Waals surface area contributed by atoms with Crippen molar-refractivity contribution in [2.24, 2.45) is 5.41 Å². The third-order valence-electron chi connectivity index (χ3n) is 3.64. The topological polar surface area (TPSA) is 20.2 Å². The summed E-state index contributed by atoms with van der Waals surface area (Å²) in [5.41, 5.74) is 0.235. The van der Waals surface area contributed by atoms with Crippen LogP contribution in [0.3, 0.4) is 0 Å². The molecule has 1 aliphatic carbocycles. The van der Waals surface area contributed by atoms with Gasteiger partial charge in [-0.25, -0.2) is 0 Å². The largest absolute Gasteiger partial charge is 0.385 e. The van der Waals surface area contributed by atoms with Gasteiger partial charge < -0.3 is 5.11 Å². The molecule has 1 nitrogen and oxygen atoms in total. The van der Waals surface area contributed by atoms with Gasteiger partial charge in [-0.05, 0) is 43.2 Å². The van der Waals surface area contributed by atoms with E-state index in [1.165, 1.54) is 0 Å². The van der Waals surface area contributed by atoms with Gasteiger partial charge in [0.15, 0.2) is 0 Å². The van der Waals surface area contributed by atoms with Crippen molar-refractivity contribution in [2.45, 2.75) is 45.1 Å². The second kappa shape index (κ2) is 4.56. The summed E-state index contributed by atoms with van der Waals surface area (Å²) in [4.78, 5) is 0. The fourth-order valence-corrected chi connectivity index (χ4v) is 4.18. The van der Waals surface area contributed by atoms with Gasteiger partial charge in [0.1, 0.15) is 0 Å². The Hall–Kier alpha value is -0.0500. The molecule has 1 aromatic carbocycles. The number of hydrogen-bond acceptors (Lipinski definition) is 1. The first-order valence-electron chi connectivity index (χ1n) is 6.01. The number of aliphatic hydroxyl groups is 1. The zero-order valence-corrected chi connectivity index (χ0v) is 12.6. The zero-order valence-electron chi connectivity index (χ0n) is 10.3. The molecule has 1 atom stereocenters. The van der Waals surface area contributed by atoms with E-state index in [-0.39, 0.29) is 5.41 Å². The molecule has 0 heterocycles. The highest BCUT2D eigenvalue weighted by Gasteiger charge is 2.41. The smallest absolute Gasteiger partial charge is 0.0927 e. The Morgan fingerprint density at radius 1 is 1.29 bits per heavy atom. The van der Waals surface area contributed by atoms with Crippen molar-refractivity contribution in [3.63, 3.8) is 0 Å². The van der Waals surface area contributed by atoms with Crippen LogP contribution in [0.2, 0.25) is 5.02 Å². The Kier molecular flexibility index (Phi) is 3.59.